The first-order chi connectivity index (χ1) is 17.7. The number of aliphatic hydroxyl groups excluding tert-OH is 1. The second-order valence-corrected chi connectivity index (χ2v) is 9.83. The molecule has 1 aliphatic heterocycles. The Bertz CT molecular complexity index is 1220. The number of fused-ring (bicyclic) bond motifs is 2. The van der Waals surface area contributed by atoms with E-state index in [1.807, 2.05) is 22.9 Å². The molecule has 10 heteroatoms. The molecule has 1 aliphatic carbocycles. The summed E-state index contributed by atoms with van der Waals surface area (Å²) in [7, 11) is 0. The topological polar surface area (TPSA) is 118 Å². The number of hydrogen-bond acceptors (Lipinski definition) is 8. The minimum absolute atomic E-state index is 0.0474. The molecule has 0 bridgehead atoms. The van der Waals surface area contributed by atoms with E-state index in [4.69, 9.17) is 9.47 Å². The zero-order valence-electron chi connectivity index (χ0n) is 21.0. The average Bonchev–Trinajstić information content (AvgIpc) is 3.39. The number of nitrogens with zero attached hydrogens (tertiary/aromatic N) is 5. The van der Waals surface area contributed by atoms with Crippen LogP contribution in [0.2, 0.25) is 0 Å². The summed E-state index contributed by atoms with van der Waals surface area (Å²) in [6.07, 6.45) is 8.26. The molecule has 0 saturated heterocycles. The molecule has 3 aromatic rings. The number of aliphatic hydroxyl groups is 1. The summed E-state index contributed by atoms with van der Waals surface area (Å²) >= 11 is 0. The van der Waals surface area contributed by atoms with E-state index in [9.17, 15) is 9.90 Å². The zero-order valence-corrected chi connectivity index (χ0v) is 21.0. The van der Waals surface area contributed by atoms with Crippen molar-refractivity contribution < 1.29 is 14.6 Å². The fourth-order valence-electron chi connectivity index (χ4n) is 5.50. The number of ether oxygens (including phenoxy) is 2. The molecule has 2 aromatic heterocycles. The highest BCUT2D eigenvalue weighted by Crippen LogP contribution is 2.35. The number of aromatic nitrogens is 5. The molecular formula is C26H36N6O4. The van der Waals surface area contributed by atoms with Crippen molar-refractivity contribution in [2.75, 3.05) is 26.4 Å². The minimum atomic E-state index is -0.129. The van der Waals surface area contributed by atoms with E-state index in [-0.39, 0.29) is 18.2 Å². The predicted molar refractivity (Wildman–Crippen MR) is 135 cm³/mol. The van der Waals surface area contributed by atoms with Crippen LogP contribution in [0.1, 0.15) is 81.8 Å². The third kappa shape index (κ3) is 5.24. The van der Waals surface area contributed by atoms with Crippen molar-refractivity contribution >= 4 is 10.9 Å². The average molecular weight is 497 g/mol. The molecule has 1 aromatic carbocycles. The van der Waals surface area contributed by atoms with Gasteiger partial charge in [-0.1, -0.05) is 32.6 Å². The number of nitrogens with one attached hydrogen (secondary N) is 1. The van der Waals surface area contributed by atoms with Crippen LogP contribution in [-0.4, -0.2) is 61.6 Å². The summed E-state index contributed by atoms with van der Waals surface area (Å²) in [5, 5.41) is 23.5. The lowest BCUT2D eigenvalue weighted by Gasteiger charge is -2.32. The van der Waals surface area contributed by atoms with Gasteiger partial charge in [0.2, 0.25) is 0 Å². The third-order valence-corrected chi connectivity index (χ3v) is 7.30. The molecule has 1 fully saturated rings. The normalized spacial score (nSPS) is 17.1. The molecule has 10 nitrogen and oxygen atoms in total. The fourth-order valence-corrected chi connectivity index (χ4v) is 5.50. The smallest absolute Gasteiger partial charge is 0.252 e. The van der Waals surface area contributed by atoms with Gasteiger partial charge in [-0.05, 0) is 48.2 Å². The SMILES string of the molecule is CCCC(c1nnnn1C1CCCCC1)N(CCCO)Cc1cc2cc3c(cc2[nH]c1=O)OCCO3. The summed E-state index contributed by atoms with van der Waals surface area (Å²) < 4.78 is 13.4. The van der Waals surface area contributed by atoms with E-state index in [0.29, 0.717) is 55.8 Å². The number of pyridine rings is 1. The van der Waals surface area contributed by atoms with Gasteiger partial charge >= 0.3 is 0 Å². The highest BCUT2D eigenvalue weighted by Gasteiger charge is 2.29. The van der Waals surface area contributed by atoms with Crippen molar-refractivity contribution in [3.8, 4) is 11.5 Å². The second-order valence-electron chi connectivity index (χ2n) is 9.83. The van der Waals surface area contributed by atoms with Gasteiger partial charge in [0, 0.05) is 36.7 Å². The van der Waals surface area contributed by atoms with Crippen LogP contribution in [0, 0.1) is 0 Å². The second kappa shape index (κ2) is 11.4. The Morgan fingerprint density at radius 2 is 1.94 bits per heavy atom. The van der Waals surface area contributed by atoms with Gasteiger partial charge in [-0.2, -0.15) is 0 Å². The van der Waals surface area contributed by atoms with Crippen molar-refractivity contribution in [3.63, 3.8) is 0 Å². The van der Waals surface area contributed by atoms with E-state index in [1.54, 1.807) is 0 Å². The predicted octanol–water partition coefficient (Wildman–Crippen LogP) is 3.52. The van der Waals surface area contributed by atoms with Crippen molar-refractivity contribution in [3.05, 3.63) is 39.9 Å². The van der Waals surface area contributed by atoms with Crippen LogP contribution in [0.25, 0.3) is 10.9 Å². The molecule has 0 spiro atoms. The van der Waals surface area contributed by atoms with Crippen LogP contribution in [-0.2, 0) is 6.54 Å². The van der Waals surface area contributed by atoms with Crippen LogP contribution in [0.4, 0.5) is 0 Å². The third-order valence-electron chi connectivity index (χ3n) is 7.30. The molecular weight excluding hydrogens is 460 g/mol. The molecule has 3 heterocycles. The fraction of sp³-hybridized carbons (Fsp3) is 0.615. The van der Waals surface area contributed by atoms with Crippen molar-refractivity contribution in [2.24, 2.45) is 0 Å². The molecule has 1 saturated carbocycles. The van der Waals surface area contributed by atoms with Gasteiger partial charge in [0.25, 0.3) is 5.56 Å². The first kappa shape index (κ1) is 24.7. The Morgan fingerprint density at radius 3 is 2.69 bits per heavy atom. The number of benzene rings is 1. The zero-order chi connectivity index (χ0) is 24.9. The molecule has 0 radical (unpaired) electrons. The molecule has 1 atom stereocenters. The molecule has 2 aliphatic rings. The molecule has 194 valence electrons. The van der Waals surface area contributed by atoms with Gasteiger partial charge in [-0.15, -0.1) is 5.10 Å². The van der Waals surface area contributed by atoms with Crippen LogP contribution in [0.15, 0.2) is 23.0 Å². The van der Waals surface area contributed by atoms with E-state index in [2.05, 4.69) is 32.3 Å². The van der Waals surface area contributed by atoms with Gasteiger partial charge in [-0.25, -0.2) is 4.68 Å². The Balaban J connectivity index is 1.48. The van der Waals surface area contributed by atoms with E-state index in [0.717, 1.165) is 42.4 Å². The molecule has 2 N–H and O–H groups in total. The summed E-state index contributed by atoms with van der Waals surface area (Å²) in [5.74, 6) is 2.21. The Labute approximate surface area is 210 Å². The number of H-pyrrole nitrogens is 1. The lowest BCUT2D eigenvalue weighted by Crippen LogP contribution is -2.34. The van der Waals surface area contributed by atoms with E-state index >= 15 is 0 Å². The maximum atomic E-state index is 13.1. The van der Waals surface area contributed by atoms with Crippen LogP contribution >= 0.6 is 0 Å². The van der Waals surface area contributed by atoms with Gasteiger partial charge in [0.05, 0.1) is 17.6 Å². The number of hydrogen-bond donors (Lipinski definition) is 2. The maximum Gasteiger partial charge on any atom is 0.252 e. The lowest BCUT2D eigenvalue weighted by atomic mass is 9.95. The molecule has 1 unspecified atom stereocenters. The Kier molecular flexibility index (Phi) is 7.81. The Hall–Kier alpha value is -2.98. The van der Waals surface area contributed by atoms with Crippen molar-refractivity contribution in [2.45, 2.75) is 76.9 Å². The van der Waals surface area contributed by atoms with Crippen LogP contribution in [0.5, 0.6) is 11.5 Å². The summed E-state index contributed by atoms with van der Waals surface area (Å²) in [4.78, 5) is 18.4. The first-order valence-corrected chi connectivity index (χ1v) is 13.3. The van der Waals surface area contributed by atoms with E-state index < -0.39 is 0 Å². The number of aromatic amines is 1. The Morgan fingerprint density at radius 1 is 1.17 bits per heavy atom. The van der Waals surface area contributed by atoms with Crippen molar-refractivity contribution in [1.82, 2.24) is 30.1 Å². The van der Waals surface area contributed by atoms with Crippen molar-refractivity contribution in [1.29, 1.82) is 0 Å². The van der Waals surface area contributed by atoms with E-state index in [1.165, 1.54) is 19.3 Å². The monoisotopic (exact) mass is 496 g/mol. The van der Waals surface area contributed by atoms with Crippen LogP contribution < -0.4 is 15.0 Å². The summed E-state index contributed by atoms with van der Waals surface area (Å²) in [5.41, 5.74) is 1.26. The minimum Gasteiger partial charge on any atom is -0.486 e. The molecule has 0 amide bonds. The van der Waals surface area contributed by atoms with Gasteiger partial charge in [0.15, 0.2) is 17.3 Å². The molecule has 5 rings (SSSR count). The summed E-state index contributed by atoms with van der Waals surface area (Å²) in [6.45, 7) is 4.32. The highest BCUT2D eigenvalue weighted by molar-refractivity contribution is 5.83. The first-order valence-electron chi connectivity index (χ1n) is 13.3. The van der Waals surface area contributed by atoms with Gasteiger partial charge in [0.1, 0.15) is 13.2 Å². The van der Waals surface area contributed by atoms with Gasteiger partial charge < -0.3 is 19.6 Å². The highest BCUT2D eigenvalue weighted by atomic mass is 16.6. The van der Waals surface area contributed by atoms with Gasteiger partial charge in [-0.3, -0.25) is 9.69 Å². The largest absolute Gasteiger partial charge is 0.486 e. The lowest BCUT2D eigenvalue weighted by molar-refractivity contribution is 0.143. The number of rotatable bonds is 10. The summed E-state index contributed by atoms with van der Waals surface area (Å²) in [6, 6.07) is 5.96. The number of tetrazole rings is 1. The van der Waals surface area contributed by atoms with Crippen LogP contribution in [0.3, 0.4) is 0 Å². The maximum absolute atomic E-state index is 13.1. The standard InChI is InChI=1S/C26H36N6O4/c1-2-7-22(25-28-29-30-32(25)20-8-4-3-5-9-20)31(10-6-11-33)17-19-14-18-15-23-24(36-13-12-35-23)16-21(18)27-26(19)34/h14-16,20,22,33H,2-13,17H2,1H3,(H,27,34). The quantitative estimate of drug-likeness (QED) is 0.438. The molecule has 36 heavy (non-hydrogen) atoms.